The Bertz CT molecular complexity index is 724. The van der Waals surface area contributed by atoms with Gasteiger partial charge in [-0.3, -0.25) is 4.68 Å². The zero-order chi connectivity index (χ0) is 13.4. The molecule has 0 unspecified atom stereocenters. The largest absolute Gasteiger partial charge is 0.464 e. The molecule has 1 N–H and O–H groups in total. The van der Waals surface area contributed by atoms with Crippen LogP contribution in [0.5, 0.6) is 0 Å². The fourth-order valence-electron chi connectivity index (χ4n) is 2.50. The fourth-order valence-corrected chi connectivity index (χ4v) is 2.50. The van der Waals surface area contributed by atoms with Gasteiger partial charge >= 0.3 is 0 Å². The van der Waals surface area contributed by atoms with Crippen LogP contribution in [-0.4, -0.2) is 16.8 Å². The molecule has 0 spiro atoms. The molecule has 0 atom stereocenters. The van der Waals surface area contributed by atoms with Crippen molar-refractivity contribution in [1.82, 2.24) is 15.1 Å². The topological polar surface area (TPSA) is 43.0 Å². The monoisotopic (exact) mass is 255 g/mol. The molecular weight excluding hydrogens is 238 g/mol. The molecule has 4 heteroatoms. The Kier molecular flexibility index (Phi) is 2.87. The van der Waals surface area contributed by atoms with Gasteiger partial charge in [0.1, 0.15) is 11.8 Å². The first-order chi connectivity index (χ1) is 9.22. The van der Waals surface area contributed by atoms with Gasteiger partial charge in [-0.05, 0) is 25.6 Å². The van der Waals surface area contributed by atoms with Crippen molar-refractivity contribution in [1.29, 1.82) is 0 Å². The highest BCUT2D eigenvalue weighted by Crippen LogP contribution is 2.32. The van der Waals surface area contributed by atoms with E-state index in [9.17, 15) is 0 Å². The van der Waals surface area contributed by atoms with Crippen LogP contribution in [0.3, 0.4) is 0 Å². The standard InChI is InChI=1S/C15H17N3O/c1-10-13(8-16-2)18(3)17-15(10)12-9-19-14-7-5-4-6-11(12)14/h4-7,9,16H,8H2,1-3H3. The Morgan fingerprint density at radius 3 is 2.89 bits per heavy atom. The molecule has 0 bridgehead atoms. The lowest BCUT2D eigenvalue weighted by Gasteiger charge is -2.01. The molecule has 0 saturated carbocycles. The van der Waals surface area contributed by atoms with Crippen LogP contribution in [0.25, 0.3) is 22.2 Å². The lowest BCUT2D eigenvalue weighted by Crippen LogP contribution is -2.10. The number of rotatable bonds is 3. The van der Waals surface area contributed by atoms with Crippen LogP contribution in [0, 0.1) is 6.92 Å². The van der Waals surface area contributed by atoms with E-state index in [0.717, 1.165) is 28.8 Å². The van der Waals surface area contributed by atoms with Gasteiger partial charge in [0.25, 0.3) is 0 Å². The Balaban J connectivity index is 2.19. The molecule has 3 aromatic rings. The number of aromatic nitrogens is 2. The molecule has 0 aliphatic rings. The van der Waals surface area contributed by atoms with E-state index in [1.807, 2.05) is 37.0 Å². The first-order valence-electron chi connectivity index (χ1n) is 6.36. The van der Waals surface area contributed by atoms with E-state index in [2.05, 4.69) is 23.4 Å². The Morgan fingerprint density at radius 2 is 2.11 bits per heavy atom. The number of hydrogen-bond acceptors (Lipinski definition) is 3. The van der Waals surface area contributed by atoms with Crippen LogP contribution >= 0.6 is 0 Å². The van der Waals surface area contributed by atoms with Crippen LogP contribution in [0.15, 0.2) is 34.9 Å². The number of nitrogens with zero attached hydrogens (tertiary/aromatic N) is 2. The quantitative estimate of drug-likeness (QED) is 0.782. The molecule has 0 aliphatic heterocycles. The number of benzene rings is 1. The third kappa shape index (κ3) is 1.85. The summed E-state index contributed by atoms with van der Waals surface area (Å²) >= 11 is 0. The van der Waals surface area contributed by atoms with Gasteiger partial charge in [0.15, 0.2) is 0 Å². The summed E-state index contributed by atoms with van der Waals surface area (Å²) in [5.74, 6) is 0. The molecule has 2 heterocycles. The van der Waals surface area contributed by atoms with Crippen molar-refractivity contribution in [3.8, 4) is 11.3 Å². The second-order valence-corrected chi connectivity index (χ2v) is 4.72. The average molecular weight is 255 g/mol. The molecule has 0 fully saturated rings. The van der Waals surface area contributed by atoms with Gasteiger partial charge in [-0.15, -0.1) is 0 Å². The minimum absolute atomic E-state index is 0.811. The van der Waals surface area contributed by atoms with Gasteiger partial charge in [0, 0.05) is 24.5 Å². The van der Waals surface area contributed by atoms with Crippen molar-refractivity contribution in [2.24, 2.45) is 7.05 Å². The maximum Gasteiger partial charge on any atom is 0.134 e. The lowest BCUT2D eigenvalue weighted by atomic mass is 10.1. The van der Waals surface area contributed by atoms with Crippen LogP contribution < -0.4 is 5.32 Å². The third-order valence-corrected chi connectivity index (χ3v) is 3.51. The molecule has 2 aromatic heterocycles. The van der Waals surface area contributed by atoms with Gasteiger partial charge < -0.3 is 9.73 Å². The highest BCUT2D eigenvalue weighted by Gasteiger charge is 2.17. The first-order valence-corrected chi connectivity index (χ1v) is 6.36. The van der Waals surface area contributed by atoms with Crippen molar-refractivity contribution in [3.63, 3.8) is 0 Å². The van der Waals surface area contributed by atoms with Crippen LogP contribution in [0.2, 0.25) is 0 Å². The number of furan rings is 1. The normalized spacial score (nSPS) is 11.3. The molecule has 0 aliphatic carbocycles. The summed E-state index contributed by atoms with van der Waals surface area (Å²) in [7, 11) is 3.92. The van der Waals surface area contributed by atoms with Crippen molar-refractivity contribution in [2.45, 2.75) is 13.5 Å². The van der Waals surface area contributed by atoms with Crippen molar-refractivity contribution < 1.29 is 4.42 Å². The Labute approximate surface area is 112 Å². The molecule has 0 amide bonds. The highest BCUT2D eigenvalue weighted by molar-refractivity contribution is 5.93. The second-order valence-electron chi connectivity index (χ2n) is 4.72. The van der Waals surface area contributed by atoms with Gasteiger partial charge in [0.2, 0.25) is 0 Å². The van der Waals surface area contributed by atoms with E-state index in [1.165, 1.54) is 11.3 Å². The summed E-state index contributed by atoms with van der Waals surface area (Å²) in [6, 6.07) is 8.05. The van der Waals surface area contributed by atoms with E-state index in [1.54, 1.807) is 6.26 Å². The fraction of sp³-hybridized carbons (Fsp3) is 0.267. The second kappa shape index (κ2) is 4.55. The molecule has 4 nitrogen and oxygen atoms in total. The molecule has 0 radical (unpaired) electrons. The zero-order valence-electron chi connectivity index (χ0n) is 11.4. The zero-order valence-corrected chi connectivity index (χ0v) is 11.4. The first kappa shape index (κ1) is 12.0. The minimum atomic E-state index is 0.811. The smallest absolute Gasteiger partial charge is 0.134 e. The summed E-state index contributed by atoms with van der Waals surface area (Å²) in [4.78, 5) is 0. The highest BCUT2D eigenvalue weighted by atomic mass is 16.3. The number of hydrogen-bond donors (Lipinski definition) is 1. The molecule has 19 heavy (non-hydrogen) atoms. The maximum absolute atomic E-state index is 5.60. The lowest BCUT2D eigenvalue weighted by molar-refractivity contribution is 0.616. The minimum Gasteiger partial charge on any atom is -0.464 e. The van der Waals surface area contributed by atoms with Gasteiger partial charge in [-0.2, -0.15) is 5.10 Å². The molecule has 1 aromatic carbocycles. The molecular formula is C15H17N3O. The van der Waals surface area contributed by atoms with Crippen molar-refractivity contribution in [3.05, 3.63) is 41.8 Å². The molecule has 3 rings (SSSR count). The predicted octanol–water partition coefficient (Wildman–Crippen LogP) is 2.86. The molecule has 0 saturated heterocycles. The van der Waals surface area contributed by atoms with E-state index in [4.69, 9.17) is 4.42 Å². The van der Waals surface area contributed by atoms with E-state index in [0.29, 0.717) is 0 Å². The Hall–Kier alpha value is -2.07. The summed E-state index contributed by atoms with van der Waals surface area (Å²) in [5.41, 5.74) is 5.35. The summed E-state index contributed by atoms with van der Waals surface area (Å²) in [6.45, 7) is 2.92. The van der Waals surface area contributed by atoms with Gasteiger partial charge in [-0.25, -0.2) is 0 Å². The summed E-state index contributed by atoms with van der Waals surface area (Å²) in [5, 5.41) is 8.93. The number of nitrogens with one attached hydrogen (secondary N) is 1. The number of aryl methyl sites for hydroxylation is 1. The Morgan fingerprint density at radius 1 is 1.32 bits per heavy atom. The number of fused-ring (bicyclic) bond motifs is 1. The third-order valence-electron chi connectivity index (χ3n) is 3.51. The maximum atomic E-state index is 5.60. The summed E-state index contributed by atoms with van der Waals surface area (Å²) < 4.78 is 7.54. The summed E-state index contributed by atoms with van der Waals surface area (Å²) in [6.07, 6.45) is 1.79. The van der Waals surface area contributed by atoms with E-state index in [-0.39, 0.29) is 0 Å². The SMILES string of the molecule is CNCc1c(C)c(-c2coc3ccccc23)nn1C. The number of para-hydroxylation sites is 1. The molecule has 98 valence electrons. The van der Waals surface area contributed by atoms with Crippen LogP contribution in [-0.2, 0) is 13.6 Å². The van der Waals surface area contributed by atoms with Gasteiger partial charge in [-0.1, -0.05) is 18.2 Å². The average Bonchev–Trinajstić information content (AvgIpc) is 2.95. The van der Waals surface area contributed by atoms with Crippen molar-refractivity contribution >= 4 is 11.0 Å². The van der Waals surface area contributed by atoms with Gasteiger partial charge in [0.05, 0.1) is 11.4 Å². The van der Waals surface area contributed by atoms with Crippen LogP contribution in [0.4, 0.5) is 0 Å². The van der Waals surface area contributed by atoms with E-state index >= 15 is 0 Å². The predicted molar refractivity (Wildman–Crippen MR) is 75.9 cm³/mol. The van der Waals surface area contributed by atoms with E-state index < -0.39 is 0 Å². The van der Waals surface area contributed by atoms with Crippen molar-refractivity contribution in [2.75, 3.05) is 7.05 Å². The van der Waals surface area contributed by atoms with Crippen LogP contribution in [0.1, 0.15) is 11.3 Å².